The van der Waals surface area contributed by atoms with Crippen LogP contribution in [0.4, 0.5) is 34.1 Å². The number of rotatable bonds is 9. The van der Waals surface area contributed by atoms with Crippen LogP contribution >= 0.6 is 0 Å². The van der Waals surface area contributed by atoms with Crippen molar-refractivity contribution in [3.8, 4) is 55.6 Å². The maximum atomic E-state index is 7.37. The Balaban J connectivity index is 0.928. The second-order valence-corrected chi connectivity index (χ2v) is 21.9. The van der Waals surface area contributed by atoms with E-state index in [0.29, 0.717) is 0 Å². The molecule has 4 nitrogen and oxygen atoms in total. The van der Waals surface area contributed by atoms with Crippen LogP contribution in [0, 0.1) is 0 Å². The first-order valence-electron chi connectivity index (χ1n) is 28.5. The lowest BCUT2D eigenvalue weighted by atomic mass is 9.70. The lowest BCUT2D eigenvalue weighted by Gasteiger charge is -2.30. The molecule has 2 aliphatic carbocycles. The summed E-state index contributed by atoms with van der Waals surface area (Å²) in [5.41, 5.74) is 25.6. The standard InChI is InChI=1S/C79H50N2O2/c1-4-20-51(21-5-1)53-38-42-57(43-39-53)80(56-24-8-3-9-25-56)59-48-55(49-60(50-59)81(58-44-40-54(41-45-58)52-22-6-2-7-23-52)72-36-19-31-65-64-28-13-17-37-73(64)82-78(65)72)61-30-18-32-67-76-74(83-77(61)67)47-46-71-75(76)66-29-12-16-35-70(66)79(71)68-33-14-10-26-62(68)63-27-11-15-34-69(63)79/h1-50H. The molecule has 0 atom stereocenters. The summed E-state index contributed by atoms with van der Waals surface area (Å²) >= 11 is 0. The van der Waals surface area contributed by atoms with Gasteiger partial charge in [-0.2, -0.15) is 0 Å². The minimum Gasteiger partial charge on any atom is -0.455 e. The van der Waals surface area contributed by atoms with Gasteiger partial charge in [-0.3, -0.25) is 0 Å². The van der Waals surface area contributed by atoms with Crippen molar-refractivity contribution in [1.82, 2.24) is 0 Å². The molecule has 83 heavy (non-hydrogen) atoms. The predicted octanol–water partition coefficient (Wildman–Crippen LogP) is 21.8. The predicted molar refractivity (Wildman–Crippen MR) is 343 cm³/mol. The molecule has 0 bridgehead atoms. The molecule has 0 amide bonds. The van der Waals surface area contributed by atoms with E-state index in [-0.39, 0.29) is 0 Å². The molecule has 388 valence electrons. The summed E-state index contributed by atoms with van der Waals surface area (Å²) in [5, 5.41) is 4.33. The fraction of sp³-hybridized carbons (Fsp3) is 0.0127. The molecule has 13 aromatic carbocycles. The van der Waals surface area contributed by atoms with Crippen molar-refractivity contribution in [3.05, 3.63) is 326 Å². The number of hydrogen-bond acceptors (Lipinski definition) is 4. The molecule has 1 spiro atoms. The Morgan fingerprint density at radius 3 is 1.39 bits per heavy atom. The van der Waals surface area contributed by atoms with E-state index in [9.17, 15) is 0 Å². The second-order valence-electron chi connectivity index (χ2n) is 21.9. The Morgan fingerprint density at radius 2 is 0.723 bits per heavy atom. The molecule has 0 aliphatic heterocycles. The zero-order valence-electron chi connectivity index (χ0n) is 45.1. The normalized spacial score (nSPS) is 12.7. The third-order valence-corrected chi connectivity index (χ3v) is 17.5. The molecule has 0 saturated carbocycles. The molecule has 2 aliphatic rings. The lowest BCUT2D eigenvalue weighted by Crippen LogP contribution is -2.25. The van der Waals surface area contributed by atoms with Crippen LogP contribution in [0.1, 0.15) is 22.3 Å². The van der Waals surface area contributed by atoms with Crippen molar-refractivity contribution in [2.75, 3.05) is 9.80 Å². The number of anilines is 6. The highest BCUT2D eigenvalue weighted by Crippen LogP contribution is 2.64. The van der Waals surface area contributed by atoms with Crippen LogP contribution in [0.5, 0.6) is 0 Å². The largest absolute Gasteiger partial charge is 0.455 e. The number of nitrogens with zero attached hydrogens (tertiary/aromatic N) is 2. The van der Waals surface area contributed by atoms with Crippen LogP contribution in [-0.4, -0.2) is 0 Å². The van der Waals surface area contributed by atoms with E-state index < -0.39 is 5.41 Å². The molecule has 2 aromatic heterocycles. The topological polar surface area (TPSA) is 32.8 Å². The Labute approximate surface area is 480 Å². The summed E-state index contributed by atoms with van der Waals surface area (Å²) in [7, 11) is 0. The van der Waals surface area contributed by atoms with Crippen molar-refractivity contribution < 1.29 is 8.83 Å². The third kappa shape index (κ3) is 7.13. The van der Waals surface area contributed by atoms with Crippen LogP contribution in [0.3, 0.4) is 0 Å². The highest BCUT2D eigenvalue weighted by molar-refractivity contribution is 6.19. The number of furan rings is 2. The van der Waals surface area contributed by atoms with E-state index in [1.807, 2.05) is 6.07 Å². The number of para-hydroxylation sites is 4. The van der Waals surface area contributed by atoms with Gasteiger partial charge in [0.25, 0.3) is 0 Å². The number of hydrogen-bond donors (Lipinski definition) is 0. The van der Waals surface area contributed by atoms with Crippen LogP contribution in [0.15, 0.2) is 312 Å². The van der Waals surface area contributed by atoms with E-state index in [2.05, 4.69) is 307 Å². The molecule has 0 fully saturated rings. The maximum absolute atomic E-state index is 7.37. The quantitative estimate of drug-likeness (QED) is 0.144. The summed E-state index contributed by atoms with van der Waals surface area (Å²) in [6, 6.07) is 110. The van der Waals surface area contributed by atoms with E-state index >= 15 is 0 Å². The summed E-state index contributed by atoms with van der Waals surface area (Å²) in [5.74, 6) is 0. The molecule has 0 radical (unpaired) electrons. The van der Waals surface area contributed by atoms with Crippen LogP contribution in [-0.2, 0) is 5.41 Å². The van der Waals surface area contributed by atoms with Crippen molar-refractivity contribution in [1.29, 1.82) is 0 Å². The van der Waals surface area contributed by atoms with Gasteiger partial charge in [0, 0.05) is 55.5 Å². The van der Waals surface area contributed by atoms with Gasteiger partial charge in [-0.25, -0.2) is 0 Å². The Kier molecular flexibility index (Phi) is 10.5. The van der Waals surface area contributed by atoms with E-state index in [0.717, 1.165) is 106 Å². The molecule has 15 aromatic rings. The molecule has 17 rings (SSSR count). The fourth-order valence-electron chi connectivity index (χ4n) is 13.9. The van der Waals surface area contributed by atoms with Gasteiger partial charge in [0.1, 0.15) is 16.7 Å². The lowest BCUT2D eigenvalue weighted by molar-refractivity contribution is 0.669. The van der Waals surface area contributed by atoms with Gasteiger partial charge in [-0.1, -0.05) is 231 Å². The van der Waals surface area contributed by atoms with Crippen molar-refractivity contribution >= 4 is 78.0 Å². The van der Waals surface area contributed by atoms with Gasteiger partial charge < -0.3 is 18.6 Å². The Bertz CT molecular complexity index is 4980. The van der Waals surface area contributed by atoms with Gasteiger partial charge in [0.05, 0.1) is 11.1 Å². The van der Waals surface area contributed by atoms with Crippen LogP contribution in [0.2, 0.25) is 0 Å². The number of fused-ring (bicyclic) bond motifs is 17. The van der Waals surface area contributed by atoms with Crippen molar-refractivity contribution in [2.45, 2.75) is 5.41 Å². The van der Waals surface area contributed by atoms with E-state index in [1.54, 1.807) is 0 Å². The average molecular weight is 1060 g/mol. The molecular formula is C79H50N2O2. The molecule has 2 heterocycles. The van der Waals surface area contributed by atoms with Gasteiger partial charge in [0.2, 0.25) is 0 Å². The molecule has 0 saturated heterocycles. The highest BCUT2D eigenvalue weighted by Gasteiger charge is 2.52. The van der Waals surface area contributed by atoms with Gasteiger partial charge in [0.15, 0.2) is 5.58 Å². The minimum atomic E-state index is -0.483. The van der Waals surface area contributed by atoms with Gasteiger partial charge >= 0.3 is 0 Å². The van der Waals surface area contributed by atoms with E-state index in [4.69, 9.17) is 8.83 Å². The van der Waals surface area contributed by atoms with Crippen molar-refractivity contribution in [3.63, 3.8) is 0 Å². The molecule has 0 unspecified atom stereocenters. The fourth-order valence-corrected chi connectivity index (χ4v) is 13.9. The average Bonchev–Trinajstić information content (AvgIpc) is 1.92. The zero-order chi connectivity index (χ0) is 54.6. The number of benzene rings is 13. The summed E-state index contributed by atoms with van der Waals surface area (Å²) in [4.78, 5) is 4.74. The highest BCUT2D eigenvalue weighted by atomic mass is 16.3. The molecule has 0 N–H and O–H groups in total. The van der Waals surface area contributed by atoms with Gasteiger partial charge in [-0.15, -0.1) is 0 Å². The first-order valence-corrected chi connectivity index (χ1v) is 28.5. The Morgan fingerprint density at radius 1 is 0.253 bits per heavy atom. The summed E-state index contributed by atoms with van der Waals surface area (Å²) in [6.07, 6.45) is 0. The zero-order valence-corrected chi connectivity index (χ0v) is 45.1. The third-order valence-electron chi connectivity index (χ3n) is 17.5. The summed E-state index contributed by atoms with van der Waals surface area (Å²) in [6.45, 7) is 0. The monoisotopic (exact) mass is 1060 g/mol. The van der Waals surface area contributed by atoms with Crippen LogP contribution in [0.25, 0.3) is 99.5 Å². The SMILES string of the molecule is c1ccc(-c2ccc(N(c3ccccc3)c3cc(-c4cccc5c4oc4ccc6c(c45)-c4ccccc4C64c5ccccc5-c5ccccc54)cc(N(c4ccc(-c5ccccc5)cc4)c4cccc5c4oc4ccccc45)c3)cc2)cc1. The summed E-state index contributed by atoms with van der Waals surface area (Å²) < 4.78 is 14.3. The first-order chi connectivity index (χ1) is 41.2. The smallest absolute Gasteiger partial charge is 0.159 e. The van der Waals surface area contributed by atoms with Crippen molar-refractivity contribution in [2.24, 2.45) is 0 Å². The van der Waals surface area contributed by atoms with Gasteiger partial charge in [-0.05, 0) is 145 Å². The molecular weight excluding hydrogens is 1010 g/mol. The van der Waals surface area contributed by atoms with Crippen LogP contribution < -0.4 is 9.80 Å². The molecule has 4 heteroatoms. The second kappa shape index (κ2) is 18.6. The first kappa shape index (κ1) is 46.9. The maximum Gasteiger partial charge on any atom is 0.159 e. The Hall–Kier alpha value is -10.9. The minimum absolute atomic E-state index is 0.483. The van der Waals surface area contributed by atoms with E-state index in [1.165, 1.54) is 50.1 Å².